The number of hydrogen-bond acceptors (Lipinski definition) is 2. The van der Waals surface area contributed by atoms with Crippen LogP contribution >= 0.6 is 0 Å². The van der Waals surface area contributed by atoms with Crippen LogP contribution in [-0.4, -0.2) is 29.9 Å². The Bertz CT molecular complexity index is 481. The van der Waals surface area contributed by atoms with E-state index in [0.717, 1.165) is 24.9 Å². The Balaban J connectivity index is 1.52. The molecule has 1 aliphatic heterocycles. The molecule has 1 saturated carbocycles. The molecular weight excluding hydrogens is 243 g/mol. The second kappa shape index (κ2) is 4.93. The van der Waals surface area contributed by atoms with Crippen molar-refractivity contribution in [3.63, 3.8) is 0 Å². The Kier molecular flexibility index (Phi) is 3.27. The average Bonchev–Trinajstić information content (AvgIpc) is 2.99. The molecule has 19 heavy (non-hydrogen) atoms. The van der Waals surface area contributed by atoms with Crippen LogP contribution in [0, 0.1) is 17.7 Å². The predicted molar refractivity (Wildman–Crippen MR) is 70.9 cm³/mol. The third-order valence-corrected chi connectivity index (χ3v) is 4.21. The molecular formula is C15H19FN2O. The lowest BCUT2D eigenvalue weighted by Gasteiger charge is -2.20. The van der Waals surface area contributed by atoms with Gasteiger partial charge in [0, 0.05) is 25.6 Å². The Morgan fingerprint density at radius 2 is 2.05 bits per heavy atom. The van der Waals surface area contributed by atoms with Crippen LogP contribution in [0.3, 0.4) is 0 Å². The van der Waals surface area contributed by atoms with Crippen molar-refractivity contribution in [3.05, 3.63) is 35.6 Å². The first-order valence-corrected chi connectivity index (χ1v) is 6.90. The molecule has 3 rings (SSSR count). The van der Waals surface area contributed by atoms with Gasteiger partial charge in [0.1, 0.15) is 5.82 Å². The fraction of sp³-hybridized carbons (Fsp3) is 0.533. The fourth-order valence-corrected chi connectivity index (χ4v) is 2.97. The number of piperidine rings is 1. The lowest BCUT2D eigenvalue weighted by Crippen LogP contribution is -2.36. The van der Waals surface area contributed by atoms with Crippen LogP contribution < -0.4 is 5.73 Å². The second-order valence-corrected chi connectivity index (χ2v) is 5.81. The first-order valence-electron chi connectivity index (χ1n) is 6.90. The van der Waals surface area contributed by atoms with Gasteiger partial charge >= 0.3 is 0 Å². The molecule has 0 radical (unpaired) electrons. The van der Waals surface area contributed by atoms with E-state index >= 15 is 0 Å². The molecule has 3 nitrogen and oxygen atoms in total. The number of nitrogens with zero attached hydrogens (tertiary/aromatic N) is 1. The van der Waals surface area contributed by atoms with E-state index in [0.29, 0.717) is 18.4 Å². The van der Waals surface area contributed by atoms with Crippen molar-refractivity contribution in [1.82, 2.24) is 4.90 Å². The number of likely N-dealkylation sites (tertiary alicyclic amines) is 1. The fourth-order valence-electron chi connectivity index (χ4n) is 2.97. The molecule has 1 aliphatic carbocycles. The lowest BCUT2D eigenvalue weighted by atomic mass is 10.0. The first-order chi connectivity index (χ1) is 9.13. The first kappa shape index (κ1) is 12.6. The van der Waals surface area contributed by atoms with E-state index in [-0.39, 0.29) is 17.8 Å². The summed E-state index contributed by atoms with van der Waals surface area (Å²) in [6.07, 6.45) is 2.01. The summed E-state index contributed by atoms with van der Waals surface area (Å²) < 4.78 is 13.5. The minimum absolute atomic E-state index is 0.121. The van der Waals surface area contributed by atoms with E-state index in [1.807, 2.05) is 4.90 Å². The Labute approximate surface area is 112 Å². The Morgan fingerprint density at radius 3 is 2.74 bits per heavy atom. The Morgan fingerprint density at radius 1 is 1.37 bits per heavy atom. The number of halogens is 1. The molecule has 3 atom stereocenters. The van der Waals surface area contributed by atoms with Gasteiger partial charge < -0.3 is 10.6 Å². The highest BCUT2D eigenvalue weighted by Crippen LogP contribution is 2.44. The minimum atomic E-state index is -0.304. The zero-order valence-corrected chi connectivity index (χ0v) is 10.9. The highest BCUT2D eigenvalue weighted by Gasteiger charge is 2.46. The molecule has 2 aliphatic rings. The highest BCUT2D eigenvalue weighted by molar-refractivity contribution is 5.77. The molecule has 1 heterocycles. The van der Waals surface area contributed by atoms with Gasteiger partial charge in [-0.25, -0.2) is 4.39 Å². The van der Waals surface area contributed by atoms with E-state index in [1.165, 1.54) is 12.5 Å². The van der Waals surface area contributed by atoms with Crippen LogP contribution in [0.1, 0.15) is 18.4 Å². The largest absolute Gasteiger partial charge is 0.342 e. The van der Waals surface area contributed by atoms with E-state index in [2.05, 4.69) is 0 Å². The maximum Gasteiger partial charge on any atom is 0.224 e. The smallest absolute Gasteiger partial charge is 0.224 e. The van der Waals surface area contributed by atoms with E-state index in [4.69, 9.17) is 5.73 Å². The van der Waals surface area contributed by atoms with Crippen LogP contribution in [0.25, 0.3) is 0 Å². The maximum absolute atomic E-state index is 13.5. The van der Waals surface area contributed by atoms with Gasteiger partial charge in [0.15, 0.2) is 0 Å². The summed E-state index contributed by atoms with van der Waals surface area (Å²) in [6, 6.07) is 6.30. The summed E-state index contributed by atoms with van der Waals surface area (Å²) in [7, 11) is 0. The quantitative estimate of drug-likeness (QED) is 0.895. The highest BCUT2D eigenvalue weighted by atomic mass is 19.1. The van der Waals surface area contributed by atoms with E-state index in [9.17, 15) is 9.18 Å². The lowest BCUT2D eigenvalue weighted by molar-refractivity contribution is -0.131. The van der Waals surface area contributed by atoms with Crippen LogP contribution in [0.4, 0.5) is 4.39 Å². The number of amides is 1. The van der Waals surface area contributed by atoms with Gasteiger partial charge in [0.25, 0.3) is 0 Å². The van der Waals surface area contributed by atoms with Crippen LogP contribution in [0.5, 0.6) is 0 Å². The van der Waals surface area contributed by atoms with Crippen LogP contribution in [-0.2, 0) is 11.2 Å². The summed E-state index contributed by atoms with van der Waals surface area (Å²) >= 11 is 0. The maximum atomic E-state index is 13.5. The molecule has 1 aromatic carbocycles. The molecule has 2 fully saturated rings. The summed E-state index contributed by atoms with van der Waals surface area (Å²) in [5.41, 5.74) is 6.56. The number of benzene rings is 1. The van der Waals surface area contributed by atoms with Crippen molar-refractivity contribution in [2.24, 2.45) is 17.6 Å². The van der Waals surface area contributed by atoms with E-state index in [1.54, 1.807) is 18.2 Å². The summed E-state index contributed by atoms with van der Waals surface area (Å²) in [4.78, 5) is 14.0. The van der Waals surface area contributed by atoms with Crippen molar-refractivity contribution >= 4 is 5.91 Å². The molecule has 4 heteroatoms. The van der Waals surface area contributed by atoms with Gasteiger partial charge in [0.05, 0.1) is 0 Å². The van der Waals surface area contributed by atoms with Crippen LogP contribution in [0.15, 0.2) is 24.3 Å². The zero-order chi connectivity index (χ0) is 13.4. The number of rotatable bonds is 4. The van der Waals surface area contributed by atoms with Crippen molar-refractivity contribution in [1.29, 1.82) is 0 Å². The van der Waals surface area contributed by atoms with Crippen LogP contribution in [0.2, 0.25) is 0 Å². The molecule has 102 valence electrons. The number of fused-ring (bicyclic) bond motifs is 1. The van der Waals surface area contributed by atoms with Gasteiger partial charge in [-0.15, -0.1) is 0 Å². The molecule has 2 N–H and O–H groups in total. The minimum Gasteiger partial charge on any atom is -0.342 e. The number of carbonyl (C=O) groups excluding carboxylic acids is 1. The van der Waals surface area contributed by atoms with Gasteiger partial charge in [-0.2, -0.15) is 0 Å². The average molecular weight is 262 g/mol. The molecule has 0 spiro atoms. The Hall–Kier alpha value is -1.42. The third kappa shape index (κ3) is 2.78. The molecule has 3 unspecified atom stereocenters. The number of hydrogen-bond donors (Lipinski definition) is 1. The molecule has 1 aromatic rings. The third-order valence-electron chi connectivity index (χ3n) is 4.21. The van der Waals surface area contributed by atoms with Crippen molar-refractivity contribution in [3.8, 4) is 0 Å². The zero-order valence-electron chi connectivity index (χ0n) is 10.9. The van der Waals surface area contributed by atoms with Crippen molar-refractivity contribution in [2.45, 2.75) is 25.3 Å². The summed E-state index contributed by atoms with van der Waals surface area (Å²) in [5, 5.41) is 0. The topological polar surface area (TPSA) is 46.3 Å². The van der Waals surface area contributed by atoms with Crippen molar-refractivity contribution in [2.75, 3.05) is 13.1 Å². The van der Waals surface area contributed by atoms with Crippen molar-refractivity contribution < 1.29 is 9.18 Å². The molecule has 0 bridgehead atoms. The van der Waals surface area contributed by atoms with Gasteiger partial charge in [-0.05, 0) is 36.3 Å². The van der Waals surface area contributed by atoms with Gasteiger partial charge in [0.2, 0.25) is 5.91 Å². The molecule has 0 aromatic heterocycles. The standard InChI is InChI=1S/C15H19FN2O/c16-14-4-2-1-3-10(14)6-13(17)7-15(19)18-8-11-5-12(11)9-18/h1-4,11-13H,5-9,17H2. The normalized spacial score (nSPS) is 26.1. The second-order valence-electron chi connectivity index (χ2n) is 5.81. The van der Waals surface area contributed by atoms with Gasteiger partial charge in [-0.3, -0.25) is 4.79 Å². The number of nitrogens with two attached hydrogens (primary N) is 1. The molecule has 1 saturated heterocycles. The van der Waals surface area contributed by atoms with Gasteiger partial charge in [-0.1, -0.05) is 18.2 Å². The predicted octanol–water partition coefficient (Wildman–Crippen LogP) is 1.56. The monoisotopic (exact) mass is 262 g/mol. The summed E-state index contributed by atoms with van der Waals surface area (Å²) in [6.45, 7) is 1.80. The van der Waals surface area contributed by atoms with E-state index < -0.39 is 0 Å². The summed E-state index contributed by atoms with van der Waals surface area (Å²) in [5.74, 6) is 1.36. The number of carbonyl (C=O) groups is 1. The molecule has 1 amide bonds. The SMILES string of the molecule is NC(CC(=O)N1CC2CC2C1)Cc1ccccc1F.